The Hall–Kier alpha value is -1.45. The van der Waals surface area contributed by atoms with Gasteiger partial charge in [0, 0.05) is 11.1 Å². The van der Waals surface area contributed by atoms with Crippen LogP contribution in [0.25, 0.3) is 10.9 Å². The van der Waals surface area contributed by atoms with E-state index in [1.807, 2.05) is 25.1 Å². The minimum Gasteiger partial charge on any atom is -0.393 e. The Labute approximate surface area is 119 Å². The molecule has 1 aliphatic carbocycles. The van der Waals surface area contributed by atoms with Gasteiger partial charge in [-0.15, -0.1) is 0 Å². The van der Waals surface area contributed by atoms with E-state index in [0.717, 1.165) is 36.9 Å². The molecule has 0 radical (unpaired) electrons. The van der Waals surface area contributed by atoms with E-state index in [0.29, 0.717) is 6.61 Å². The van der Waals surface area contributed by atoms with Crippen LogP contribution in [0, 0.1) is 6.92 Å². The second-order valence-corrected chi connectivity index (χ2v) is 5.68. The van der Waals surface area contributed by atoms with Gasteiger partial charge in [0.25, 0.3) is 0 Å². The molecule has 1 aromatic carbocycles. The molecule has 1 saturated carbocycles. The number of hydrogen-bond donors (Lipinski definition) is 1. The average Bonchev–Trinajstić information content (AvgIpc) is 2.46. The highest BCUT2D eigenvalue weighted by molar-refractivity contribution is 5.82. The fourth-order valence-corrected chi connectivity index (χ4v) is 2.93. The van der Waals surface area contributed by atoms with Crippen LogP contribution in [0.15, 0.2) is 30.3 Å². The molecule has 20 heavy (non-hydrogen) atoms. The van der Waals surface area contributed by atoms with Crippen molar-refractivity contribution in [3.05, 3.63) is 41.6 Å². The van der Waals surface area contributed by atoms with Crippen LogP contribution in [0.4, 0.5) is 0 Å². The lowest BCUT2D eigenvalue weighted by Gasteiger charge is -2.25. The van der Waals surface area contributed by atoms with Crippen LogP contribution in [-0.2, 0) is 11.3 Å². The smallest absolute Gasteiger partial charge is 0.0727 e. The third-order valence-corrected chi connectivity index (χ3v) is 4.05. The fraction of sp³-hybridized carbons (Fsp3) is 0.471. The molecule has 1 aromatic heterocycles. The number of aliphatic hydroxyl groups excluding tert-OH is 1. The van der Waals surface area contributed by atoms with Crippen LogP contribution in [0.2, 0.25) is 0 Å². The van der Waals surface area contributed by atoms with Gasteiger partial charge in [0.15, 0.2) is 0 Å². The summed E-state index contributed by atoms with van der Waals surface area (Å²) in [7, 11) is 0. The number of aliphatic hydroxyl groups is 1. The Morgan fingerprint density at radius 2 is 1.95 bits per heavy atom. The Morgan fingerprint density at radius 1 is 1.20 bits per heavy atom. The highest BCUT2D eigenvalue weighted by atomic mass is 16.5. The van der Waals surface area contributed by atoms with E-state index >= 15 is 0 Å². The van der Waals surface area contributed by atoms with E-state index < -0.39 is 0 Å². The van der Waals surface area contributed by atoms with E-state index in [4.69, 9.17) is 4.74 Å². The maximum Gasteiger partial charge on any atom is 0.0727 e. The number of ether oxygens (including phenoxy) is 1. The summed E-state index contributed by atoms with van der Waals surface area (Å²) in [6.07, 6.45) is 3.80. The summed E-state index contributed by atoms with van der Waals surface area (Å²) in [5.74, 6) is 0. The van der Waals surface area contributed by atoms with Gasteiger partial charge in [0.05, 0.1) is 24.3 Å². The number of aromatic nitrogens is 1. The molecular formula is C17H21NO2. The molecule has 2 aromatic rings. The zero-order valence-electron chi connectivity index (χ0n) is 11.9. The van der Waals surface area contributed by atoms with Gasteiger partial charge >= 0.3 is 0 Å². The van der Waals surface area contributed by atoms with Crippen molar-refractivity contribution in [3.8, 4) is 0 Å². The molecule has 0 unspecified atom stereocenters. The molecule has 0 saturated heterocycles. The molecule has 0 amide bonds. The summed E-state index contributed by atoms with van der Waals surface area (Å²) in [6.45, 7) is 2.65. The van der Waals surface area contributed by atoms with Crippen LogP contribution < -0.4 is 0 Å². The van der Waals surface area contributed by atoms with Crippen LogP contribution >= 0.6 is 0 Å². The highest BCUT2D eigenvalue weighted by Gasteiger charge is 2.20. The van der Waals surface area contributed by atoms with E-state index in [2.05, 4.69) is 17.1 Å². The number of benzene rings is 1. The summed E-state index contributed by atoms with van der Waals surface area (Å²) < 4.78 is 6.04. The van der Waals surface area contributed by atoms with Gasteiger partial charge in [-0.3, -0.25) is 4.98 Å². The number of fused-ring (bicyclic) bond motifs is 1. The topological polar surface area (TPSA) is 42.4 Å². The largest absolute Gasteiger partial charge is 0.393 e. The maximum atomic E-state index is 9.53. The predicted octanol–water partition coefficient (Wildman–Crippen LogP) is 3.36. The SMILES string of the molecule is Cc1cc(COC2CCC(O)CC2)c2ccccc2n1. The minimum atomic E-state index is -0.126. The normalized spacial score (nSPS) is 23.1. The first kappa shape index (κ1) is 13.5. The molecule has 1 heterocycles. The van der Waals surface area contributed by atoms with E-state index in [1.165, 1.54) is 10.9 Å². The zero-order chi connectivity index (χ0) is 13.9. The molecule has 3 heteroatoms. The van der Waals surface area contributed by atoms with Gasteiger partial charge in [0.1, 0.15) is 0 Å². The van der Waals surface area contributed by atoms with Crippen LogP contribution in [0.1, 0.15) is 36.9 Å². The molecule has 106 valence electrons. The van der Waals surface area contributed by atoms with Crippen LogP contribution in [0.5, 0.6) is 0 Å². The number of hydrogen-bond acceptors (Lipinski definition) is 3. The van der Waals surface area contributed by atoms with Crippen molar-refractivity contribution in [1.29, 1.82) is 0 Å². The van der Waals surface area contributed by atoms with Crippen molar-refractivity contribution in [2.75, 3.05) is 0 Å². The van der Waals surface area contributed by atoms with Gasteiger partial charge in [0.2, 0.25) is 0 Å². The summed E-state index contributed by atoms with van der Waals surface area (Å²) >= 11 is 0. The van der Waals surface area contributed by atoms with Crippen LogP contribution in [-0.4, -0.2) is 22.3 Å². The summed E-state index contributed by atoms with van der Waals surface area (Å²) in [5.41, 5.74) is 3.27. The standard InChI is InChI=1S/C17H21NO2/c1-12-10-13(16-4-2-3-5-17(16)18-12)11-20-15-8-6-14(19)7-9-15/h2-5,10,14-15,19H,6-9,11H2,1H3. The Morgan fingerprint density at radius 3 is 2.75 bits per heavy atom. The lowest BCUT2D eigenvalue weighted by Crippen LogP contribution is -2.24. The van der Waals surface area contributed by atoms with E-state index in [9.17, 15) is 5.11 Å². The van der Waals surface area contributed by atoms with Gasteiger partial charge < -0.3 is 9.84 Å². The predicted molar refractivity (Wildman–Crippen MR) is 79.5 cm³/mol. The summed E-state index contributed by atoms with van der Waals surface area (Å²) in [6, 6.07) is 10.3. The molecule has 0 spiro atoms. The Bertz CT molecular complexity index is 589. The van der Waals surface area contributed by atoms with Crippen molar-refractivity contribution in [2.24, 2.45) is 0 Å². The molecule has 0 bridgehead atoms. The Kier molecular flexibility index (Phi) is 3.99. The van der Waals surface area contributed by atoms with Crippen LogP contribution in [0.3, 0.4) is 0 Å². The van der Waals surface area contributed by atoms with Gasteiger partial charge in [-0.1, -0.05) is 18.2 Å². The third-order valence-electron chi connectivity index (χ3n) is 4.05. The Balaban J connectivity index is 1.74. The molecule has 0 atom stereocenters. The van der Waals surface area contributed by atoms with Crippen molar-refractivity contribution < 1.29 is 9.84 Å². The second-order valence-electron chi connectivity index (χ2n) is 5.68. The lowest BCUT2D eigenvalue weighted by molar-refractivity contribution is -0.0115. The number of pyridine rings is 1. The van der Waals surface area contributed by atoms with Gasteiger partial charge in [-0.05, 0) is 50.3 Å². The van der Waals surface area contributed by atoms with Crippen molar-refractivity contribution >= 4 is 10.9 Å². The molecule has 1 aliphatic rings. The number of para-hydroxylation sites is 1. The van der Waals surface area contributed by atoms with Gasteiger partial charge in [-0.2, -0.15) is 0 Å². The first-order valence-corrected chi connectivity index (χ1v) is 7.37. The first-order chi connectivity index (χ1) is 9.72. The lowest BCUT2D eigenvalue weighted by atomic mass is 9.95. The van der Waals surface area contributed by atoms with E-state index in [-0.39, 0.29) is 12.2 Å². The molecule has 1 N–H and O–H groups in total. The van der Waals surface area contributed by atoms with E-state index in [1.54, 1.807) is 0 Å². The fourth-order valence-electron chi connectivity index (χ4n) is 2.93. The monoisotopic (exact) mass is 271 g/mol. The van der Waals surface area contributed by atoms with Gasteiger partial charge in [-0.25, -0.2) is 0 Å². The zero-order valence-corrected chi connectivity index (χ0v) is 11.9. The highest BCUT2D eigenvalue weighted by Crippen LogP contribution is 2.24. The molecule has 3 rings (SSSR count). The molecule has 3 nitrogen and oxygen atoms in total. The second kappa shape index (κ2) is 5.90. The van der Waals surface area contributed by atoms with Crippen molar-refractivity contribution in [1.82, 2.24) is 4.98 Å². The molecular weight excluding hydrogens is 250 g/mol. The average molecular weight is 271 g/mol. The first-order valence-electron chi connectivity index (χ1n) is 7.37. The summed E-state index contributed by atoms with van der Waals surface area (Å²) in [5, 5.41) is 10.7. The minimum absolute atomic E-state index is 0.126. The maximum absolute atomic E-state index is 9.53. The quantitative estimate of drug-likeness (QED) is 0.930. The van der Waals surface area contributed by atoms with Crippen molar-refractivity contribution in [3.63, 3.8) is 0 Å². The number of nitrogens with zero attached hydrogens (tertiary/aromatic N) is 1. The van der Waals surface area contributed by atoms with Crippen molar-refractivity contribution in [2.45, 2.75) is 51.4 Å². The number of aryl methyl sites for hydroxylation is 1. The molecule has 1 fully saturated rings. The molecule has 0 aliphatic heterocycles. The third kappa shape index (κ3) is 3.00. The number of rotatable bonds is 3. The summed E-state index contributed by atoms with van der Waals surface area (Å²) in [4.78, 5) is 4.55.